The number of hydrogen-bond donors (Lipinski definition) is 2. The molecular formula is C13H26N2O. The number of hydrogen-bond acceptors (Lipinski definition) is 3. The zero-order valence-corrected chi connectivity index (χ0v) is 10.7. The van der Waals surface area contributed by atoms with Crippen molar-refractivity contribution in [2.24, 2.45) is 17.6 Å². The largest absolute Gasteiger partial charge is 0.381 e. The molecule has 2 fully saturated rings. The molecule has 4 unspecified atom stereocenters. The second-order valence-electron chi connectivity index (χ2n) is 5.79. The lowest BCUT2D eigenvalue weighted by molar-refractivity contribution is 0.0325. The van der Waals surface area contributed by atoms with E-state index >= 15 is 0 Å². The van der Waals surface area contributed by atoms with Gasteiger partial charge in [0.25, 0.3) is 0 Å². The summed E-state index contributed by atoms with van der Waals surface area (Å²) in [6.45, 7) is 4.23. The van der Waals surface area contributed by atoms with Crippen LogP contribution in [0.2, 0.25) is 0 Å². The van der Waals surface area contributed by atoms with Gasteiger partial charge in [-0.05, 0) is 50.5 Å². The van der Waals surface area contributed by atoms with E-state index in [-0.39, 0.29) is 5.54 Å². The number of rotatable bonds is 5. The van der Waals surface area contributed by atoms with Crippen molar-refractivity contribution >= 4 is 0 Å². The highest BCUT2D eigenvalue weighted by Crippen LogP contribution is 2.38. The normalized spacial score (nSPS) is 43.3. The first kappa shape index (κ1) is 12.3. The summed E-state index contributed by atoms with van der Waals surface area (Å²) in [6, 6.07) is 0. The molecule has 0 radical (unpaired) electrons. The Kier molecular flexibility index (Phi) is 3.88. The van der Waals surface area contributed by atoms with E-state index < -0.39 is 0 Å². The fourth-order valence-electron chi connectivity index (χ4n) is 2.96. The second kappa shape index (κ2) is 5.03. The lowest BCUT2D eigenvalue weighted by Gasteiger charge is -2.40. The van der Waals surface area contributed by atoms with Crippen molar-refractivity contribution < 1.29 is 4.74 Å². The topological polar surface area (TPSA) is 47.3 Å². The summed E-state index contributed by atoms with van der Waals surface area (Å²) in [5.41, 5.74) is 6.13. The molecule has 0 aromatic heterocycles. The van der Waals surface area contributed by atoms with Gasteiger partial charge in [0, 0.05) is 19.2 Å². The molecule has 2 rings (SSSR count). The molecule has 3 nitrogen and oxygen atoms in total. The fourth-order valence-corrected chi connectivity index (χ4v) is 2.96. The Morgan fingerprint density at radius 2 is 2.25 bits per heavy atom. The molecule has 0 bridgehead atoms. The fraction of sp³-hybridized carbons (Fsp3) is 1.00. The Bertz CT molecular complexity index is 234. The summed E-state index contributed by atoms with van der Waals surface area (Å²) < 4.78 is 5.50. The molecule has 2 saturated carbocycles. The summed E-state index contributed by atoms with van der Waals surface area (Å²) in [7, 11) is 1.82. The highest BCUT2D eigenvalue weighted by atomic mass is 16.5. The predicted molar refractivity (Wildman–Crippen MR) is 66.3 cm³/mol. The van der Waals surface area contributed by atoms with Gasteiger partial charge in [-0.1, -0.05) is 6.92 Å². The Morgan fingerprint density at radius 1 is 1.50 bits per heavy atom. The molecule has 0 aromatic carbocycles. The van der Waals surface area contributed by atoms with E-state index in [2.05, 4.69) is 12.2 Å². The third-order valence-electron chi connectivity index (χ3n) is 4.54. The lowest BCUT2D eigenvalue weighted by Crippen LogP contribution is -2.55. The van der Waals surface area contributed by atoms with Crippen molar-refractivity contribution in [2.45, 2.75) is 50.7 Å². The third kappa shape index (κ3) is 2.76. The molecule has 3 heteroatoms. The predicted octanol–water partition coefficient (Wildman–Crippen LogP) is 1.52. The summed E-state index contributed by atoms with van der Waals surface area (Å²) in [6.07, 6.45) is 6.52. The van der Waals surface area contributed by atoms with Crippen LogP contribution < -0.4 is 11.1 Å². The van der Waals surface area contributed by atoms with Crippen LogP contribution in [0, 0.1) is 11.8 Å². The van der Waals surface area contributed by atoms with E-state index in [0.717, 1.165) is 31.3 Å². The molecular weight excluding hydrogens is 200 g/mol. The Morgan fingerprint density at radius 3 is 2.81 bits per heavy atom. The number of methoxy groups -OCH3 is 1. The van der Waals surface area contributed by atoms with Crippen LogP contribution >= 0.6 is 0 Å². The van der Waals surface area contributed by atoms with Gasteiger partial charge in [-0.3, -0.25) is 0 Å². The van der Waals surface area contributed by atoms with E-state index in [9.17, 15) is 0 Å². The van der Waals surface area contributed by atoms with Crippen molar-refractivity contribution in [3.8, 4) is 0 Å². The van der Waals surface area contributed by atoms with Gasteiger partial charge in [0.15, 0.2) is 0 Å². The molecule has 0 heterocycles. The second-order valence-corrected chi connectivity index (χ2v) is 5.79. The molecule has 0 spiro atoms. The van der Waals surface area contributed by atoms with Crippen LogP contribution in [-0.2, 0) is 4.74 Å². The van der Waals surface area contributed by atoms with Crippen LogP contribution in [0.4, 0.5) is 0 Å². The van der Waals surface area contributed by atoms with Crippen LogP contribution in [0.15, 0.2) is 0 Å². The highest BCUT2D eigenvalue weighted by Gasteiger charge is 2.38. The third-order valence-corrected chi connectivity index (χ3v) is 4.54. The smallest absolute Gasteiger partial charge is 0.0589 e. The van der Waals surface area contributed by atoms with Crippen LogP contribution in [-0.4, -0.2) is 31.8 Å². The van der Waals surface area contributed by atoms with Crippen molar-refractivity contribution in [3.63, 3.8) is 0 Å². The molecule has 0 aliphatic heterocycles. The summed E-state index contributed by atoms with van der Waals surface area (Å²) in [5, 5.41) is 3.74. The quantitative estimate of drug-likeness (QED) is 0.747. The molecule has 4 atom stereocenters. The highest BCUT2D eigenvalue weighted by molar-refractivity contribution is 4.97. The summed E-state index contributed by atoms with van der Waals surface area (Å²) in [4.78, 5) is 0. The van der Waals surface area contributed by atoms with Crippen molar-refractivity contribution in [1.29, 1.82) is 0 Å². The van der Waals surface area contributed by atoms with Gasteiger partial charge in [0.1, 0.15) is 0 Å². The van der Waals surface area contributed by atoms with Crippen molar-refractivity contribution in [2.75, 3.05) is 20.2 Å². The molecule has 3 N–H and O–H groups in total. The standard InChI is InChI=1S/C13H26N2O/c1-10-6-11(10)8-15-13(9-14)5-3-4-12(7-13)16-2/h10-12,15H,3-9,14H2,1-2H3. The summed E-state index contributed by atoms with van der Waals surface area (Å²) >= 11 is 0. The minimum atomic E-state index is 0.154. The molecule has 16 heavy (non-hydrogen) atoms. The average molecular weight is 226 g/mol. The van der Waals surface area contributed by atoms with E-state index in [1.807, 2.05) is 7.11 Å². The monoisotopic (exact) mass is 226 g/mol. The average Bonchev–Trinajstić information content (AvgIpc) is 3.03. The van der Waals surface area contributed by atoms with Crippen molar-refractivity contribution in [3.05, 3.63) is 0 Å². The van der Waals surface area contributed by atoms with Gasteiger partial charge in [0.2, 0.25) is 0 Å². The summed E-state index contributed by atoms with van der Waals surface area (Å²) in [5.74, 6) is 1.82. The first-order chi connectivity index (χ1) is 7.69. The van der Waals surface area contributed by atoms with Crippen LogP contribution in [0.25, 0.3) is 0 Å². The maximum atomic E-state index is 5.98. The minimum absolute atomic E-state index is 0.154. The molecule has 94 valence electrons. The Hall–Kier alpha value is -0.120. The number of nitrogens with two attached hydrogens (primary N) is 1. The zero-order chi connectivity index (χ0) is 11.6. The van der Waals surface area contributed by atoms with E-state index in [1.54, 1.807) is 0 Å². The van der Waals surface area contributed by atoms with E-state index in [1.165, 1.54) is 25.7 Å². The lowest BCUT2D eigenvalue weighted by atomic mass is 9.80. The molecule has 0 aromatic rings. The molecule has 0 saturated heterocycles. The SMILES string of the molecule is COC1CCCC(CN)(NCC2CC2C)C1. The number of ether oxygens (including phenoxy) is 1. The first-order valence-electron chi connectivity index (χ1n) is 6.67. The van der Waals surface area contributed by atoms with E-state index in [0.29, 0.717) is 6.10 Å². The van der Waals surface area contributed by atoms with Gasteiger partial charge in [-0.15, -0.1) is 0 Å². The Labute approximate surface area is 99.1 Å². The zero-order valence-electron chi connectivity index (χ0n) is 10.7. The minimum Gasteiger partial charge on any atom is -0.381 e. The van der Waals surface area contributed by atoms with Crippen LogP contribution in [0.1, 0.15) is 39.0 Å². The van der Waals surface area contributed by atoms with Gasteiger partial charge in [0.05, 0.1) is 6.10 Å². The van der Waals surface area contributed by atoms with Crippen molar-refractivity contribution in [1.82, 2.24) is 5.32 Å². The van der Waals surface area contributed by atoms with Gasteiger partial charge < -0.3 is 15.8 Å². The first-order valence-corrected chi connectivity index (χ1v) is 6.67. The molecule has 0 amide bonds. The van der Waals surface area contributed by atoms with Gasteiger partial charge >= 0.3 is 0 Å². The van der Waals surface area contributed by atoms with Crippen LogP contribution in [0.5, 0.6) is 0 Å². The maximum absolute atomic E-state index is 5.98. The van der Waals surface area contributed by atoms with Gasteiger partial charge in [-0.2, -0.15) is 0 Å². The Balaban J connectivity index is 1.84. The van der Waals surface area contributed by atoms with Crippen LogP contribution in [0.3, 0.4) is 0 Å². The molecule has 2 aliphatic rings. The van der Waals surface area contributed by atoms with Gasteiger partial charge in [-0.25, -0.2) is 0 Å². The maximum Gasteiger partial charge on any atom is 0.0589 e. The van der Waals surface area contributed by atoms with E-state index in [4.69, 9.17) is 10.5 Å². The molecule has 2 aliphatic carbocycles. The number of nitrogens with one attached hydrogen (secondary N) is 1.